The minimum Gasteiger partial charge on any atom is -0.394 e. The van der Waals surface area contributed by atoms with Gasteiger partial charge in [0, 0.05) is 26.2 Å². The molecule has 3 unspecified atom stereocenters. The van der Waals surface area contributed by atoms with Gasteiger partial charge in [-0.1, -0.05) is 0 Å². The highest BCUT2D eigenvalue weighted by Crippen LogP contribution is 2.14. The Bertz CT molecular complexity index is 237. The van der Waals surface area contributed by atoms with Gasteiger partial charge in [-0.3, -0.25) is 4.79 Å². The normalized spacial score (nSPS) is 32.5. The lowest BCUT2D eigenvalue weighted by atomic mass is 10.1. The molecule has 2 rings (SSSR count). The zero-order chi connectivity index (χ0) is 10.8. The van der Waals surface area contributed by atoms with Crippen LogP contribution in [0.2, 0.25) is 0 Å². The van der Waals surface area contributed by atoms with Gasteiger partial charge in [0.05, 0.1) is 18.8 Å². The lowest BCUT2D eigenvalue weighted by Gasteiger charge is -2.42. The second kappa shape index (κ2) is 4.44. The van der Waals surface area contributed by atoms with Gasteiger partial charge in [-0.15, -0.1) is 0 Å². The largest absolute Gasteiger partial charge is 0.394 e. The van der Waals surface area contributed by atoms with Crippen molar-refractivity contribution in [3.05, 3.63) is 0 Å². The van der Waals surface area contributed by atoms with E-state index in [1.807, 2.05) is 0 Å². The number of aliphatic hydroxyl groups excluding tert-OH is 1. The maximum atomic E-state index is 11.7. The molecule has 2 heterocycles. The molecule has 4 N–H and O–H groups in total. The van der Waals surface area contributed by atoms with E-state index >= 15 is 0 Å². The number of aliphatic hydroxyl groups is 1. The van der Waals surface area contributed by atoms with E-state index in [0.29, 0.717) is 13.1 Å². The van der Waals surface area contributed by atoms with E-state index in [2.05, 4.69) is 5.32 Å². The van der Waals surface area contributed by atoms with Crippen molar-refractivity contribution < 1.29 is 14.6 Å². The van der Waals surface area contributed by atoms with Crippen molar-refractivity contribution in [1.29, 1.82) is 0 Å². The third-order valence-electron chi connectivity index (χ3n) is 2.80. The number of carbonyl (C=O) groups is 1. The van der Waals surface area contributed by atoms with Gasteiger partial charge in [0.15, 0.2) is 0 Å². The van der Waals surface area contributed by atoms with Gasteiger partial charge in [0.1, 0.15) is 6.04 Å². The lowest BCUT2D eigenvalue weighted by Crippen LogP contribution is -2.61. The number of nitrogens with two attached hydrogens (primary N) is 1. The van der Waals surface area contributed by atoms with E-state index in [4.69, 9.17) is 15.6 Å². The molecule has 6 nitrogen and oxygen atoms in total. The fourth-order valence-corrected chi connectivity index (χ4v) is 2.05. The van der Waals surface area contributed by atoms with Crippen LogP contribution in [-0.4, -0.2) is 66.9 Å². The molecule has 2 fully saturated rings. The first-order valence-electron chi connectivity index (χ1n) is 5.22. The summed E-state index contributed by atoms with van der Waals surface area (Å²) in [7, 11) is 0. The highest BCUT2D eigenvalue weighted by molar-refractivity contribution is 5.81. The summed E-state index contributed by atoms with van der Waals surface area (Å²) < 4.78 is 5.66. The molecule has 86 valence electrons. The Hall–Kier alpha value is -0.690. The summed E-state index contributed by atoms with van der Waals surface area (Å²) in [5, 5.41) is 12.1. The maximum absolute atomic E-state index is 11.7. The van der Waals surface area contributed by atoms with E-state index in [1.165, 1.54) is 0 Å². The van der Waals surface area contributed by atoms with Crippen LogP contribution < -0.4 is 11.1 Å². The summed E-state index contributed by atoms with van der Waals surface area (Å²) in [5.41, 5.74) is 5.50. The van der Waals surface area contributed by atoms with Crippen molar-refractivity contribution >= 4 is 5.91 Å². The Labute approximate surface area is 88.4 Å². The smallest absolute Gasteiger partial charge is 0.242 e. The van der Waals surface area contributed by atoms with Crippen molar-refractivity contribution in [2.45, 2.75) is 18.2 Å². The highest BCUT2D eigenvalue weighted by atomic mass is 16.5. The zero-order valence-electron chi connectivity index (χ0n) is 8.56. The molecule has 2 aliphatic rings. The van der Waals surface area contributed by atoms with E-state index in [1.54, 1.807) is 4.90 Å². The van der Waals surface area contributed by atoms with Gasteiger partial charge in [-0.05, 0) is 0 Å². The third kappa shape index (κ3) is 2.28. The molecule has 0 aromatic heterocycles. The molecule has 15 heavy (non-hydrogen) atoms. The predicted molar refractivity (Wildman–Crippen MR) is 53.2 cm³/mol. The first kappa shape index (κ1) is 10.8. The number of hydrogen-bond donors (Lipinski definition) is 3. The highest BCUT2D eigenvalue weighted by Gasteiger charge is 2.34. The van der Waals surface area contributed by atoms with Crippen LogP contribution in [0.15, 0.2) is 0 Å². The van der Waals surface area contributed by atoms with Gasteiger partial charge >= 0.3 is 0 Å². The maximum Gasteiger partial charge on any atom is 0.242 e. The van der Waals surface area contributed by atoms with Crippen LogP contribution in [0.4, 0.5) is 0 Å². The van der Waals surface area contributed by atoms with Crippen LogP contribution in [-0.2, 0) is 9.53 Å². The number of nitrogens with one attached hydrogen (secondary N) is 1. The summed E-state index contributed by atoms with van der Waals surface area (Å²) in [6, 6.07) is -0.795. The Morgan fingerprint density at radius 2 is 2.13 bits per heavy atom. The van der Waals surface area contributed by atoms with E-state index < -0.39 is 6.04 Å². The topological polar surface area (TPSA) is 87.8 Å². The second-order valence-corrected chi connectivity index (χ2v) is 4.07. The average molecular weight is 215 g/mol. The van der Waals surface area contributed by atoms with Crippen molar-refractivity contribution in [3.8, 4) is 0 Å². The zero-order valence-corrected chi connectivity index (χ0v) is 8.56. The number of amides is 1. The van der Waals surface area contributed by atoms with Crippen molar-refractivity contribution in [2.24, 2.45) is 5.73 Å². The molecule has 0 spiro atoms. The van der Waals surface area contributed by atoms with Crippen LogP contribution in [0.5, 0.6) is 0 Å². The first-order chi connectivity index (χ1) is 7.20. The molecule has 2 aliphatic heterocycles. The molecule has 0 saturated carbocycles. The van der Waals surface area contributed by atoms with Gasteiger partial charge < -0.3 is 25.8 Å². The van der Waals surface area contributed by atoms with Gasteiger partial charge in [0.2, 0.25) is 5.91 Å². The number of ether oxygens (including phenoxy) is 1. The van der Waals surface area contributed by atoms with Crippen LogP contribution >= 0.6 is 0 Å². The van der Waals surface area contributed by atoms with E-state index in [-0.39, 0.29) is 24.7 Å². The molecule has 1 amide bonds. The minimum atomic E-state index is -0.795. The summed E-state index contributed by atoms with van der Waals surface area (Å²) in [6.07, 6.45) is 0.125. The van der Waals surface area contributed by atoms with E-state index in [9.17, 15) is 4.79 Å². The number of morpholine rings is 2. The molecule has 0 aliphatic carbocycles. The molecule has 2 bridgehead atoms. The Balaban J connectivity index is 1.96. The summed E-state index contributed by atoms with van der Waals surface area (Å²) in [5.74, 6) is -0.183. The molecular weight excluding hydrogens is 198 g/mol. The van der Waals surface area contributed by atoms with Crippen molar-refractivity contribution in [1.82, 2.24) is 10.2 Å². The fourth-order valence-electron chi connectivity index (χ4n) is 2.05. The molecule has 6 heteroatoms. The Morgan fingerprint density at radius 3 is 2.67 bits per heavy atom. The first-order valence-corrected chi connectivity index (χ1v) is 5.22. The average Bonchev–Trinajstić information content (AvgIpc) is 2.26. The molecular formula is C9H17N3O3. The second-order valence-electron chi connectivity index (χ2n) is 4.07. The van der Waals surface area contributed by atoms with Gasteiger partial charge in [-0.25, -0.2) is 0 Å². The van der Waals surface area contributed by atoms with Crippen LogP contribution in [0.25, 0.3) is 0 Å². The summed E-state index contributed by atoms with van der Waals surface area (Å²) in [6.45, 7) is 2.37. The summed E-state index contributed by atoms with van der Waals surface area (Å²) in [4.78, 5) is 13.4. The van der Waals surface area contributed by atoms with Gasteiger partial charge in [0.25, 0.3) is 0 Å². The molecule has 2 saturated heterocycles. The monoisotopic (exact) mass is 215 g/mol. The minimum absolute atomic E-state index is 0.0624. The van der Waals surface area contributed by atoms with Crippen molar-refractivity contribution in [3.63, 3.8) is 0 Å². The molecule has 0 aromatic carbocycles. The van der Waals surface area contributed by atoms with E-state index in [0.717, 1.165) is 13.1 Å². The Kier molecular flexibility index (Phi) is 3.20. The third-order valence-corrected chi connectivity index (χ3v) is 2.80. The summed E-state index contributed by atoms with van der Waals surface area (Å²) >= 11 is 0. The van der Waals surface area contributed by atoms with Crippen molar-refractivity contribution in [2.75, 3.05) is 32.8 Å². The standard InChI is InChI=1S/C9H17N3O3/c10-8(5-13)9(14)12-3-6-1-11-2-7(4-12)15-6/h6-8,11,13H,1-5,10H2. The lowest BCUT2D eigenvalue weighted by molar-refractivity contribution is -0.151. The predicted octanol–water partition coefficient (Wildman–Crippen LogP) is -2.49. The number of rotatable bonds is 2. The number of hydrogen-bond acceptors (Lipinski definition) is 5. The quantitative estimate of drug-likeness (QED) is 0.474. The molecule has 0 radical (unpaired) electrons. The molecule has 0 aromatic rings. The fraction of sp³-hybridized carbons (Fsp3) is 0.889. The number of nitrogens with zero attached hydrogens (tertiary/aromatic N) is 1. The Morgan fingerprint density at radius 1 is 1.53 bits per heavy atom. The van der Waals surface area contributed by atoms with Crippen LogP contribution in [0.3, 0.4) is 0 Å². The number of fused-ring (bicyclic) bond motifs is 2. The number of carbonyl (C=O) groups excluding carboxylic acids is 1. The van der Waals surface area contributed by atoms with Gasteiger partial charge in [-0.2, -0.15) is 0 Å². The molecule has 3 atom stereocenters. The van der Waals surface area contributed by atoms with Crippen LogP contribution in [0.1, 0.15) is 0 Å². The van der Waals surface area contributed by atoms with Crippen LogP contribution in [0, 0.1) is 0 Å². The SMILES string of the molecule is NC(CO)C(=O)N1CC2CNCC(C1)O2.